The van der Waals surface area contributed by atoms with Crippen LogP contribution in [0.2, 0.25) is 0 Å². The summed E-state index contributed by atoms with van der Waals surface area (Å²) in [5.74, 6) is 0. The van der Waals surface area contributed by atoms with E-state index in [0.29, 0.717) is 0 Å². The molecule has 5 N–H and O–H groups in total. The van der Waals surface area contributed by atoms with Crippen LogP contribution in [-0.4, -0.2) is 211 Å². The number of rotatable bonds is 0. The Morgan fingerprint density at radius 3 is 0.500 bits per heavy atom. The molecule has 2 nitrogen and oxygen atoms in total. The summed E-state index contributed by atoms with van der Waals surface area (Å²) in [5, 5.41) is 0. The Kier molecular flexibility index (Phi) is 196. The molecule has 0 aromatic heterocycles. The van der Waals surface area contributed by atoms with E-state index in [0.717, 1.165) is 0 Å². The summed E-state index contributed by atoms with van der Waals surface area (Å²) in [7, 11) is 0. The van der Waals surface area contributed by atoms with Crippen molar-refractivity contribution >= 4 is 206 Å². The van der Waals surface area contributed by atoms with E-state index >= 15 is 0 Å². The van der Waals surface area contributed by atoms with Crippen LogP contribution in [0.5, 0.6) is 0 Å². The maximum absolute atomic E-state index is 0. The first-order valence-electron chi connectivity index (χ1n) is 0. The van der Waals surface area contributed by atoms with Crippen molar-refractivity contribution in [3.05, 3.63) is 0 Å². The molecule has 0 rings (SSSR count). The Bertz CT molecular complexity index is 7.51. The Morgan fingerprint density at radius 1 is 0.500 bits per heavy atom. The van der Waals surface area contributed by atoms with Gasteiger partial charge in [0.2, 0.25) is 0 Å². The fourth-order valence-corrected chi connectivity index (χ4v) is 0. The van der Waals surface area contributed by atoms with Crippen molar-refractivity contribution in [3.63, 3.8) is 0 Å². The van der Waals surface area contributed by atoms with Crippen molar-refractivity contribution in [3.8, 4) is 0 Å². The van der Waals surface area contributed by atoms with Gasteiger partial charge in [0.15, 0.2) is 0 Å². The van der Waals surface area contributed by atoms with Gasteiger partial charge in [-0.05, 0) is 0 Å². The van der Waals surface area contributed by atoms with Crippen LogP contribution in [0.15, 0.2) is 0 Å². The van der Waals surface area contributed by atoms with Crippen molar-refractivity contribution in [2.75, 3.05) is 0 Å². The van der Waals surface area contributed by atoms with Crippen molar-refractivity contribution in [1.82, 2.24) is 6.15 Å². The summed E-state index contributed by atoms with van der Waals surface area (Å²) in [5.41, 5.74) is 0. The molecule has 6 heteroatoms. The van der Waals surface area contributed by atoms with Gasteiger partial charge in [0.25, 0.3) is 0 Å². The fourth-order valence-electron chi connectivity index (χ4n) is 0. The molecule has 0 heterocycles. The van der Waals surface area contributed by atoms with Crippen molar-refractivity contribution in [2.45, 2.75) is 0 Å². The van der Waals surface area contributed by atoms with Gasteiger partial charge in [0.1, 0.15) is 0 Å². The molecule has 0 aliphatic rings. The van der Waals surface area contributed by atoms with Gasteiger partial charge in [-0.1, -0.05) is 0 Å². The van der Waals surface area contributed by atoms with Gasteiger partial charge in [0.05, 0.1) is 0 Å². The molecule has 0 amide bonds. The van der Waals surface area contributed by atoms with Gasteiger partial charge < -0.3 is 11.6 Å². The molecule has 0 bridgehead atoms. The molecule has 0 radical (unpaired) electrons. The Morgan fingerprint density at radius 2 is 0.500 bits per heavy atom. The summed E-state index contributed by atoms with van der Waals surface area (Å²) in [6, 6.07) is 0. The average molecular weight is 195 g/mol. The monoisotopic (exact) mass is 195 g/mol. The number of hydrogen-bond acceptors (Lipinski definition) is 1. The standard InChI is InChI=1S/4K.H3N.H2O.4H/h;;;;1H3;1H2;;;;. The third-order valence-corrected chi connectivity index (χ3v) is 0. The summed E-state index contributed by atoms with van der Waals surface area (Å²) >= 11 is 0. The molecule has 24 valence electrons. The zero-order valence-electron chi connectivity index (χ0n) is 1.21. The van der Waals surface area contributed by atoms with Gasteiger partial charge in [-0.3, -0.25) is 0 Å². The van der Waals surface area contributed by atoms with E-state index in [4.69, 9.17) is 0 Å². The predicted molar refractivity (Wildman–Crippen MR) is 37.2 cm³/mol. The quantitative estimate of drug-likeness (QED) is 0.405. The molecule has 0 aromatic rings. The summed E-state index contributed by atoms with van der Waals surface area (Å²) < 4.78 is 0. The first kappa shape index (κ1) is 39.2. The van der Waals surface area contributed by atoms with E-state index in [1.807, 2.05) is 0 Å². The molecular weight excluding hydrogens is 186 g/mol. The first-order valence-corrected chi connectivity index (χ1v) is 0. The molecule has 6 heavy (non-hydrogen) atoms. The summed E-state index contributed by atoms with van der Waals surface area (Å²) in [4.78, 5) is 0. The molecule has 0 aromatic carbocycles. The van der Waals surface area contributed by atoms with Gasteiger partial charge in [0, 0.05) is 0 Å². The van der Waals surface area contributed by atoms with Crippen LogP contribution in [-0.2, 0) is 0 Å². The van der Waals surface area contributed by atoms with Crippen molar-refractivity contribution < 1.29 is 5.48 Å². The van der Waals surface area contributed by atoms with Crippen LogP contribution in [0.1, 0.15) is 0 Å². The summed E-state index contributed by atoms with van der Waals surface area (Å²) in [6.45, 7) is 0. The van der Waals surface area contributed by atoms with E-state index in [-0.39, 0.29) is 217 Å². The van der Waals surface area contributed by atoms with Crippen molar-refractivity contribution in [2.24, 2.45) is 0 Å². The second-order valence-electron chi connectivity index (χ2n) is 0. The maximum atomic E-state index is 0. The van der Waals surface area contributed by atoms with Crippen LogP contribution in [0.3, 0.4) is 0 Å². The van der Waals surface area contributed by atoms with E-state index in [1.54, 1.807) is 0 Å². The SMILES string of the molecule is N.O.[KH].[KH].[KH].[KH]. The Hall–Kier alpha value is 6.47. The zero-order chi connectivity index (χ0) is 0. The van der Waals surface area contributed by atoms with Gasteiger partial charge >= 0.3 is 206 Å². The Labute approximate surface area is 209 Å². The van der Waals surface area contributed by atoms with Crippen LogP contribution in [0.4, 0.5) is 0 Å². The second-order valence-corrected chi connectivity index (χ2v) is 0. The van der Waals surface area contributed by atoms with Crippen LogP contribution < -0.4 is 6.15 Å². The molecule has 0 aliphatic heterocycles. The van der Waals surface area contributed by atoms with Crippen LogP contribution in [0, 0.1) is 0 Å². The topological polar surface area (TPSA) is 66.5 Å². The normalized spacial score (nSPS) is 0. The second kappa shape index (κ2) is 30.0. The molecule has 0 atom stereocenters. The molecule has 0 saturated carbocycles. The third kappa shape index (κ3) is 22.4. The van der Waals surface area contributed by atoms with Gasteiger partial charge in [-0.25, -0.2) is 0 Å². The molecule has 0 unspecified atom stereocenters. The van der Waals surface area contributed by atoms with Crippen molar-refractivity contribution in [1.29, 1.82) is 0 Å². The van der Waals surface area contributed by atoms with E-state index in [1.165, 1.54) is 0 Å². The number of hydrogen-bond donors (Lipinski definition) is 1. The Balaban J connectivity index is 0. The minimum atomic E-state index is 0. The predicted octanol–water partition coefficient (Wildman–Crippen LogP) is -3.26. The van der Waals surface area contributed by atoms with E-state index in [9.17, 15) is 0 Å². The minimum absolute atomic E-state index is 0. The third-order valence-electron chi connectivity index (χ3n) is 0. The van der Waals surface area contributed by atoms with E-state index < -0.39 is 0 Å². The average Bonchev–Trinajstić information content (AvgIpc) is 0. The van der Waals surface area contributed by atoms with Crippen LogP contribution >= 0.6 is 0 Å². The van der Waals surface area contributed by atoms with Gasteiger partial charge in [-0.15, -0.1) is 0 Å². The zero-order valence-corrected chi connectivity index (χ0v) is 1.21. The molecule has 0 fully saturated rings. The molecular formula is H9K4NO. The fraction of sp³-hybridized carbons (Fsp3) is 0. The summed E-state index contributed by atoms with van der Waals surface area (Å²) in [6.07, 6.45) is 0. The first-order chi connectivity index (χ1) is 0. The van der Waals surface area contributed by atoms with E-state index in [2.05, 4.69) is 0 Å². The molecule has 0 aliphatic carbocycles. The van der Waals surface area contributed by atoms with Gasteiger partial charge in [-0.2, -0.15) is 0 Å². The van der Waals surface area contributed by atoms with Crippen LogP contribution in [0.25, 0.3) is 0 Å². The molecule has 0 spiro atoms. The molecule has 0 saturated heterocycles.